The van der Waals surface area contributed by atoms with Gasteiger partial charge in [-0.15, -0.1) is 11.3 Å². The summed E-state index contributed by atoms with van der Waals surface area (Å²) >= 11 is 1.56. The normalized spacial score (nSPS) is 14.5. The molecule has 1 N–H and O–H groups in total. The maximum Gasteiger partial charge on any atom is 0.303 e. The van der Waals surface area contributed by atoms with Crippen LogP contribution < -0.4 is 0 Å². The lowest BCUT2D eigenvalue weighted by atomic mass is 9.97. The number of thiophene rings is 1. The van der Waals surface area contributed by atoms with E-state index in [4.69, 9.17) is 5.11 Å². The fourth-order valence-corrected chi connectivity index (χ4v) is 4.01. The standard InChI is InChI=1S/C22H27O4S/c23-19(17-9-5-6-10-17)12-7-8-13-20(24)21-16-15-18(27-21)11-3-1-2-4-14-22(25)26/h5-6,9-10,15-16H,1-4,7-8,11-14H2,(H,25,26). The van der Waals surface area contributed by atoms with Crippen LogP contribution in [-0.2, 0) is 16.0 Å². The Morgan fingerprint density at radius 3 is 2.11 bits per heavy atom. The molecule has 1 aromatic heterocycles. The van der Waals surface area contributed by atoms with Crippen LogP contribution in [0.3, 0.4) is 0 Å². The fraction of sp³-hybridized carbons (Fsp3) is 0.455. The minimum absolute atomic E-state index is 0.147. The number of hydrogen-bond donors (Lipinski definition) is 1. The fourth-order valence-electron chi connectivity index (χ4n) is 2.99. The number of carboxylic acids is 1. The Morgan fingerprint density at radius 1 is 0.778 bits per heavy atom. The Kier molecular flexibility index (Phi) is 9.74. The quantitative estimate of drug-likeness (QED) is 0.358. The second-order valence-corrected chi connectivity index (χ2v) is 7.97. The number of carboxylic acid groups (broad SMARTS) is 1. The van der Waals surface area contributed by atoms with Crippen molar-refractivity contribution < 1.29 is 19.5 Å². The van der Waals surface area contributed by atoms with Crippen molar-refractivity contribution in [2.24, 2.45) is 0 Å². The topological polar surface area (TPSA) is 71.4 Å². The van der Waals surface area contributed by atoms with E-state index in [0.29, 0.717) is 12.8 Å². The van der Waals surface area contributed by atoms with Gasteiger partial charge in [-0.3, -0.25) is 14.4 Å². The monoisotopic (exact) mass is 387 g/mol. The van der Waals surface area contributed by atoms with Crippen molar-refractivity contribution in [2.75, 3.05) is 0 Å². The first-order valence-corrected chi connectivity index (χ1v) is 10.5. The Morgan fingerprint density at radius 2 is 1.41 bits per heavy atom. The third kappa shape index (κ3) is 8.37. The summed E-state index contributed by atoms with van der Waals surface area (Å²) in [6.07, 6.45) is 14.7. The molecule has 1 aliphatic rings. The van der Waals surface area contributed by atoms with E-state index in [2.05, 4.69) is 0 Å². The third-order valence-electron chi connectivity index (χ3n) is 4.54. The lowest BCUT2D eigenvalue weighted by Crippen LogP contribution is -2.09. The van der Waals surface area contributed by atoms with Crippen LogP contribution in [0.25, 0.3) is 0 Å². The van der Waals surface area contributed by atoms with E-state index in [9.17, 15) is 14.4 Å². The van der Waals surface area contributed by atoms with Gasteiger partial charge >= 0.3 is 5.97 Å². The van der Waals surface area contributed by atoms with Gasteiger partial charge in [-0.2, -0.15) is 0 Å². The zero-order chi connectivity index (χ0) is 19.5. The first-order chi connectivity index (χ1) is 13.1. The molecule has 5 heteroatoms. The molecule has 0 atom stereocenters. The summed E-state index contributed by atoms with van der Waals surface area (Å²) in [4.78, 5) is 36.7. The summed E-state index contributed by atoms with van der Waals surface area (Å²) in [5, 5.41) is 8.60. The Balaban J connectivity index is 1.57. The third-order valence-corrected chi connectivity index (χ3v) is 5.73. The van der Waals surface area contributed by atoms with Crippen molar-refractivity contribution in [1.82, 2.24) is 0 Å². The lowest BCUT2D eigenvalue weighted by molar-refractivity contribution is -0.137. The number of aliphatic carboxylic acids is 1. The molecule has 0 spiro atoms. The predicted molar refractivity (Wildman–Crippen MR) is 107 cm³/mol. The van der Waals surface area contributed by atoms with E-state index < -0.39 is 5.97 Å². The maximum absolute atomic E-state index is 12.3. The molecule has 1 aliphatic carbocycles. The van der Waals surface area contributed by atoms with E-state index >= 15 is 0 Å². The van der Waals surface area contributed by atoms with Gasteiger partial charge in [0.1, 0.15) is 5.78 Å². The average Bonchev–Trinajstić information content (AvgIpc) is 3.33. The molecular formula is C22H27O4S. The molecular weight excluding hydrogens is 360 g/mol. The van der Waals surface area contributed by atoms with Crippen LogP contribution in [0.2, 0.25) is 0 Å². The second-order valence-electron chi connectivity index (χ2n) is 6.80. The Hall–Kier alpha value is -1.49. The molecule has 0 aromatic carbocycles. The minimum Gasteiger partial charge on any atom is -0.481 e. The molecule has 4 nitrogen and oxygen atoms in total. The number of carbonyl (C=O) groups is 3. The van der Waals surface area contributed by atoms with Crippen LogP contribution in [-0.4, -0.2) is 22.6 Å². The molecule has 1 fully saturated rings. The van der Waals surface area contributed by atoms with Crippen molar-refractivity contribution in [3.63, 3.8) is 0 Å². The maximum atomic E-state index is 12.3. The summed E-state index contributed by atoms with van der Waals surface area (Å²) in [7, 11) is 0. The molecule has 0 unspecified atom stereocenters. The van der Waals surface area contributed by atoms with E-state index in [-0.39, 0.29) is 18.0 Å². The summed E-state index contributed by atoms with van der Waals surface area (Å²) in [5.41, 5.74) is 0. The zero-order valence-electron chi connectivity index (χ0n) is 15.6. The van der Waals surface area contributed by atoms with E-state index in [1.54, 1.807) is 11.3 Å². The molecule has 0 aliphatic heterocycles. The first-order valence-electron chi connectivity index (χ1n) is 9.65. The van der Waals surface area contributed by atoms with Crippen LogP contribution in [0.15, 0.2) is 12.1 Å². The van der Waals surface area contributed by atoms with Crippen LogP contribution in [0, 0.1) is 31.6 Å². The van der Waals surface area contributed by atoms with Gasteiger partial charge in [-0.25, -0.2) is 0 Å². The van der Waals surface area contributed by atoms with Gasteiger partial charge < -0.3 is 5.11 Å². The summed E-state index contributed by atoms with van der Waals surface area (Å²) in [6.45, 7) is 0. The van der Waals surface area contributed by atoms with Crippen LogP contribution in [0.5, 0.6) is 0 Å². The molecule has 1 heterocycles. The molecule has 0 bridgehead atoms. The highest BCUT2D eigenvalue weighted by Crippen LogP contribution is 2.26. The number of aryl methyl sites for hydroxylation is 1. The SMILES string of the molecule is O=C(O)CCCCCCc1ccc(C(=O)CCCCC(=O)[C]2[CH][CH][CH][CH]2)s1. The van der Waals surface area contributed by atoms with Crippen molar-refractivity contribution >= 4 is 28.9 Å². The highest BCUT2D eigenvalue weighted by atomic mass is 32.1. The van der Waals surface area contributed by atoms with Crippen molar-refractivity contribution in [2.45, 2.75) is 64.2 Å². The minimum atomic E-state index is -0.730. The number of unbranched alkanes of at least 4 members (excludes halogenated alkanes) is 4. The first kappa shape index (κ1) is 21.8. The Labute approximate surface area is 166 Å². The molecule has 1 aromatic rings. The summed E-state index contributed by atoms with van der Waals surface area (Å²) in [5.74, 6) is 0.335. The largest absolute Gasteiger partial charge is 0.481 e. The van der Waals surface area contributed by atoms with Crippen LogP contribution >= 0.6 is 11.3 Å². The molecule has 2 rings (SSSR count). The lowest BCUT2D eigenvalue weighted by Gasteiger charge is -2.05. The molecule has 145 valence electrons. The Bertz CT molecular complexity index is 614. The number of rotatable bonds is 14. The molecule has 0 saturated heterocycles. The van der Waals surface area contributed by atoms with E-state index in [0.717, 1.165) is 55.7 Å². The van der Waals surface area contributed by atoms with Crippen molar-refractivity contribution in [1.29, 1.82) is 0 Å². The molecule has 1 saturated carbocycles. The smallest absolute Gasteiger partial charge is 0.303 e. The highest BCUT2D eigenvalue weighted by molar-refractivity contribution is 7.14. The van der Waals surface area contributed by atoms with E-state index in [1.807, 2.05) is 37.8 Å². The van der Waals surface area contributed by atoms with Crippen molar-refractivity contribution in [3.05, 3.63) is 53.5 Å². The molecule has 27 heavy (non-hydrogen) atoms. The summed E-state index contributed by atoms with van der Waals surface area (Å²) < 4.78 is 0. The zero-order valence-corrected chi connectivity index (χ0v) is 16.4. The highest BCUT2D eigenvalue weighted by Gasteiger charge is 2.23. The van der Waals surface area contributed by atoms with Gasteiger partial charge in [0.15, 0.2) is 5.78 Å². The van der Waals surface area contributed by atoms with Gasteiger partial charge in [-0.1, -0.05) is 12.8 Å². The number of carbonyl (C=O) groups excluding carboxylic acids is 2. The van der Waals surface area contributed by atoms with Gasteiger partial charge in [-0.05, 0) is 69.9 Å². The number of Topliss-reactive ketones (excluding diaryl/α,β-unsaturated/α-hetero) is 2. The molecule has 0 amide bonds. The van der Waals surface area contributed by atoms with Gasteiger partial charge in [0.25, 0.3) is 0 Å². The average molecular weight is 388 g/mol. The van der Waals surface area contributed by atoms with Gasteiger partial charge in [0.2, 0.25) is 0 Å². The van der Waals surface area contributed by atoms with Crippen LogP contribution in [0.4, 0.5) is 0 Å². The number of hydrogen-bond acceptors (Lipinski definition) is 4. The summed E-state index contributed by atoms with van der Waals surface area (Å²) in [6, 6.07) is 3.93. The van der Waals surface area contributed by atoms with Gasteiger partial charge in [0.05, 0.1) is 4.88 Å². The molecule has 5 radical (unpaired) electrons. The van der Waals surface area contributed by atoms with Crippen LogP contribution in [0.1, 0.15) is 72.3 Å². The second kappa shape index (κ2) is 12.1. The van der Waals surface area contributed by atoms with Crippen molar-refractivity contribution in [3.8, 4) is 0 Å². The predicted octanol–water partition coefficient (Wildman–Crippen LogP) is 5.04. The van der Waals surface area contributed by atoms with E-state index in [1.165, 1.54) is 4.88 Å². The number of ketones is 2. The van der Waals surface area contributed by atoms with Gasteiger partial charge in [0, 0.05) is 30.1 Å².